The number of carbonyl (C=O) groups is 1. The summed E-state index contributed by atoms with van der Waals surface area (Å²) in [6, 6.07) is 7.04. The van der Waals surface area contributed by atoms with E-state index in [4.69, 9.17) is 19.3 Å². The Morgan fingerprint density at radius 2 is 1.93 bits per heavy atom. The van der Waals surface area contributed by atoms with Gasteiger partial charge in [-0.05, 0) is 77.2 Å². The number of aromatic nitrogens is 1. The van der Waals surface area contributed by atoms with E-state index in [9.17, 15) is 18.0 Å². The van der Waals surface area contributed by atoms with Crippen molar-refractivity contribution in [1.29, 1.82) is 0 Å². The number of aliphatic hydroxyl groups excluding tert-OH is 1. The lowest BCUT2D eigenvalue weighted by Gasteiger charge is -2.38. The Morgan fingerprint density at radius 1 is 1.17 bits per heavy atom. The van der Waals surface area contributed by atoms with Crippen molar-refractivity contribution in [2.75, 3.05) is 58.6 Å². The molecule has 41 heavy (non-hydrogen) atoms. The first-order chi connectivity index (χ1) is 19.4. The number of hydrogen-bond donors (Lipinski definition) is 3. The largest absolute Gasteiger partial charge is 0.444 e. The molecule has 0 bridgehead atoms. The van der Waals surface area contributed by atoms with E-state index in [2.05, 4.69) is 34.4 Å². The van der Waals surface area contributed by atoms with Gasteiger partial charge in [-0.3, -0.25) is 0 Å². The third-order valence-electron chi connectivity index (χ3n) is 6.59. The van der Waals surface area contributed by atoms with Crippen molar-refractivity contribution in [3.63, 3.8) is 0 Å². The van der Waals surface area contributed by atoms with Crippen molar-refractivity contribution in [2.45, 2.75) is 58.0 Å². The van der Waals surface area contributed by atoms with Gasteiger partial charge in [0.05, 0.1) is 31.0 Å². The summed E-state index contributed by atoms with van der Waals surface area (Å²) in [7, 11) is 2.07. The second kappa shape index (κ2) is 14.8. The number of likely N-dealkylation sites (tertiary alicyclic amines) is 1. The zero-order valence-corrected chi connectivity index (χ0v) is 24.1. The zero-order valence-electron chi connectivity index (χ0n) is 24.1. The smallest absolute Gasteiger partial charge is 0.408 e. The molecular weight excluding hydrogens is 541 g/mol. The van der Waals surface area contributed by atoms with Crippen molar-refractivity contribution in [1.82, 2.24) is 14.8 Å². The number of alkyl halides is 3. The molecule has 1 aromatic carbocycles. The highest BCUT2D eigenvalue weighted by atomic mass is 19.4. The summed E-state index contributed by atoms with van der Waals surface area (Å²) in [5.74, 6) is 5.81. The van der Waals surface area contributed by atoms with Gasteiger partial charge in [-0.1, -0.05) is 12.0 Å². The molecule has 1 aromatic heterocycles. The number of benzene rings is 1. The van der Waals surface area contributed by atoms with E-state index in [1.165, 1.54) is 0 Å². The zero-order chi connectivity index (χ0) is 30.0. The number of amides is 1. The van der Waals surface area contributed by atoms with Crippen LogP contribution in [-0.4, -0.2) is 91.8 Å². The molecule has 9 nitrogen and oxygen atoms in total. The van der Waals surface area contributed by atoms with Gasteiger partial charge in [-0.25, -0.2) is 4.79 Å². The van der Waals surface area contributed by atoms with E-state index < -0.39 is 24.4 Å². The molecule has 1 amide bonds. The predicted octanol–water partition coefficient (Wildman–Crippen LogP) is 4.19. The first kappa shape index (κ1) is 32.5. The number of halogens is 3. The minimum Gasteiger partial charge on any atom is -0.444 e. The number of anilines is 1. The number of hydrogen-bond acceptors (Lipinski definition) is 7. The molecule has 1 aliphatic rings. The van der Waals surface area contributed by atoms with Crippen molar-refractivity contribution >= 4 is 22.7 Å². The lowest BCUT2D eigenvalue weighted by molar-refractivity contribution is -0.140. The third kappa shape index (κ3) is 10.7. The Labute approximate surface area is 239 Å². The molecule has 3 rings (SSSR count). The average Bonchev–Trinajstić information content (AvgIpc) is 3.21. The van der Waals surface area contributed by atoms with Gasteiger partial charge in [0.15, 0.2) is 0 Å². The van der Waals surface area contributed by atoms with E-state index in [0.717, 1.165) is 36.2 Å². The van der Waals surface area contributed by atoms with Gasteiger partial charge in [-0.2, -0.15) is 13.2 Å². The van der Waals surface area contributed by atoms with Gasteiger partial charge in [0.1, 0.15) is 18.9 Å². The lowest BCUT2D eigenvalue weighted by atomic mass is 9.89. The first-order valence-corrected chi connectivity index (χ1v) is 13.7. The van der Waals surface area contributed by atoms with Gasteiger partial charge in [0.2, 0.25) is 0 Å². The van der Waals surface area contributed by atoms with Crippen LogP contribution in [0.2, 0.25) is 0 Å². The summed E-state index contributed by atoms with van der Waals surface area (Å²) >= 11 is 0. The van der Waals surface area contributed by atoms with Crippen LogP contribution in [0.1, 0.15) is 39.3 Å². The minimum absolute atomic E-state index is 0.0704. The standard InChI is InChI=1S/C29H41F3N4O5/c1-28(2,3)41-27(38)33-12-6-7-22-17-23-25(8-5-9-26(23)36(22)19-29(30,31)32)34-24-10-13-35(4)18-21(24)11-14-39-15-16-40-20-37/h5,8-9,17,21,24,34,37H,10-16,18-20H2,1-4H3,(H,33,38)/t21-,24-/m0/s1. The molecule has 1 aliphatic heterocycles. The maximum absolute atomic E-state index is 13.6. The normalized spacial score (nSPS) is 18.1. The van der Waals surface area contributed by atoms with Crippen molar-refractivity contribution in [2.24, 2.45) is 5.92 Å². The van der Waals surface area contributed by atoms with Crippen LogP contribution in [-0.2, 0) is 20.8 Å². The Kier molecular flexibility index (Phi) is 11.7. The quantitative estimate of drug-likeness (QED) is 0.208. The third-order valence-corrected chi connectivity index (χ3v) is 6.59. The maximum atomic E-state index is 13.6. The van der Waals surface area contributed by atoms with Crippen LogP contribution in [0.15, 0.2) is 24.3 Å². The van der Waals surface area contributed by atoms with Gasteiger partial charge in [0, 0.05) is 30.3 Å². The average molecular weight is 583 g/mol. The van der Waals surface area contributed by atoms with E-state index in [-0.39, 0.29) is 31.0 Å². The summed E-state index contributed by atoms with van der Waals surface area (Å²) in [5, 5.41) is 15.5. The Hall–Kier alpha value is -2.98. The molecule has 3 N–H and O–H groups in total. The second-order valence-corrected chi connectivity index (χ2v) is 11.1. The molecule has 2 atom stereocenters. The Balaban J connectivity index is 1.79. The van der Waals surface area contributed by atoms with Crippen LogP contribution >= 0.6 is 0 Å². The molecule has 12 heteroatoms. The van der Waals surface area contributed by atoms with E-state index in [1.54, 1.807) is 39.0 Å². The topological polar surface area (TPSA) is 97.2 Å². The SMILES string of the molecule is CN1CC[C@H](Nc2cccc3c2cc(C#CCNC(=O)OC(C)(C)C)n3CC(F)(F)F)[C@@H](CCOCCOCO)C1. The fraction of sp³-hybridized carbons (Fsp3) is 0.621. The number of fused-ring (bicyclic) bond motifs is 1. The number of carbonyl (C=O) groups excluding carboxylic acids is 1. The second-order valence-electron chi connectivity index (χ2n) is 11.1. The molecule has 0 unspecified atom stereocenters. The highest BCUT2D eigenvalue weighted by molar-refractivity contribution is 5.94. The maximum Gasteiger partial charge on any atom is 0.408 e. The highest BCUT2D eigenvalue weighted by Crippen LogP contribution is 2.32. The van der Waals surface area contributed by atoms with Gasteiger partial charge in [0.25, 0.3) is 0 Å². The molecule has 0 aliphatic carbocycles. The van der Waals surface area contributed by atoms with Crippen LogP contribution in [0, 0.1) is 17.8 Å². The minimum atomic E-state index is -4.44. The van der Waals surface area contributed by atoms with Gasteiger partial charge < -0.3 is 39.4 Å². The summed E-state index contributed by atoms with van der Waals surface area (Å²) < 4.78 is 57.6. The predicted molar refractivity (Wildman–Crippen MR) is 151 cm³/mol. The molecule has 0 saturated carbocycles. The summed E-state index contributed by atoms with van der Waals surface area (Å²) in [5.41, 5.74) is 0.703. The monoisotopic (exact) mass is 582 g/mol. The highest BCUT2D eigenvalue weighted by Gasteiger charge is 2.31. The van der Waals surface area contributed by atoms with Gasteiger partial charge in [-0.15, -0.1) is 0 Å². The number of rotatable bonds is 11. The molecule has 2 aromatic rings. The fourth-order valence-electron chi connectivity index (χ4n) is 4.84. The molecule has 1 saturated heterocycles. The van der Waals surface area contributed by atoms with Crippen molar-refractivity contribution in [3.05, 3.63) is 30.0 Å². The summed E-state index contributed by atoms with van der Waals surface area (Å²) in [4.78, 5) is 14.1. The lowest BCUT2D eigenvalue weighted by Crippen LogP contribution is -2.45. The summed E-state index contributed by atoms with van der Waals surface area (Å²) in [6.45, 7) is 6.62. The number of ether oxygens (including phenoxy) is 3. The van der Waals surface area contributed by atoms with E-state index in [0.29, 0.717) is 30.7 Å². The van der Waals surface area contributed by atoms with Crippen LogP contribution < -0.4 is 10.6 Å². The number of aliphatic hydroxyl groups is 1. The number of nitrogens with one attached hydrogen (secondary N) is 2. The molecule has 228 valence electrons. The molecule has 2 heterocycles. The first-order valence-electron chi connectivity index (χ1n) is 13.7. The van der Waals surface area contributed by atoms with Gasteiger partial charge >= 0.3 is 12.3 Å². The van der Waals surface area contributed by atoms with Crippen LogP contribution in [0.4, 0.5) is 23.7 Å². The van der Waals surface area contributed by atoms with Crippen molar-refractivity contribution < 1.29 is 37.3 Å². The fourth-order valence-corrected chi connectivity index (χ4v) is 4.84. The molecule has 0 spiro atoms. The molecule has 0 radical (unpaired) electrons. The van der Waals surface area contributed by atoms with Crippen LogP contribution in [0.5, 0.6) is 0 Å². The molecule has 1 fully saturated rings. The number of nitrogens with zero attached hydrogens (tertiary/aromatic N) is 2. The number of alkyl carbamates (subject to hydrolysis) is 1. The Bertz CT molecular complexity index is 1200. The Morgan fingerprint density at radius 3 is 2.63 bits per heavy atom. The van der Waals surface area contributed by atoms with Crippen molar-refractivity contribution in [3.8, 4) is 11.8 Å². The molecular formula is C29H41F3N4O5. The van der Waals surface area contributed by atoms with Crippen LogP contribution in [0.3, 0.4) is 0 Å². The van der Waals surface area contributed by atoms with E-state index >= 15 is 0 Å². The number of piperidine rings is 1. The van der Waals surface area contributed by atoms with E-state index in [1.807, 2.05) is 6.07 Å². The van der Waals surface area contributed by atoms with Crippen LogP contribution in [0.25, 0.3) is 10.9 Å². The summed E-state index contributed by atoms with van der Waals surface area (Å²) in [6.07, 6.45) is -3.42.